The lowest BCUT2D eigenvalue weighted by Gasteiger charge is -2.45. The van der Waals surface area contributed by atoms with E-state index in [4.69, 9.17) is 4.74 Å². The molecule has 0 bridgehead atoms. The van der Waals surface area contributed by atoms with Crippen molar-refractivity contribution in [1.29, 1.82) is 0 Å². The smallest absolute Gasteiger partial charge is 0.167 e. The first-order valence-electron chi connectivity index (χ1n) is 8.40. The number of aromatic nitrogens is 4. The highest BCUT2D eigenvalue weighted by molar-refractivity contribution is 5.36. The van der Waals surface area contributed by atoms with Gasteiger partial charge in [0, 0.05) is 20.1 Å². The monoisotopic (exact) mass is 313 g/mol. The van der Waals surface area contributed by atoms with Gasteiger partial charge in [-0.25, -0.2) is 4.68 Å². The van der Waals surface area contributed by atoms with Crippen LogP contribution in [0.5, 0.6) is 5.75 Å². The highest BCUT2D eigenvalue weighted by atomic mass is 16.5. The van der Waals surface area contributed by atoms with Gasteiger partial charge in [0.1, 0.15) is 11.4 Å². The van der Waals surface area contributed by atoms with Crippen LogP contribution in [-0.2, 0) is 13.5 Å². The molecule has 2 aliphatic rings. The van der Waals surface area contributed by atoms with Gasteiger partial charge < -0.3 is 4.74 Å². The Morgan fingerprint density at radius 1 is 1.17 bits per heavy atom. The molecule has 1 aromatic carbocycles. The maximum absolute atomic E-state index is 6.43. The quantitative estimate of drug-likeness (QED) is 0.850. The number of likely N-dealkylation sites (tertiary alicyclic amines) is 1. The lowest BCUT2D eigenvalue weighted by Crippen LogP contribution is -2.50. The number of nitrogens with zero attached hydrogens (tertiary/aromatic N) is 5. The fourth-order valence-electron chi connectivity index (χ4n) is 3.88. The summed E-state index contributed by atoms with van der Waals surface area (Å²) in [5.41, 5.74) is 1.36. The summed E-state index contributed by atoms with van der Waals surface area (Å²) in [5.74, 6) is 2.01. The fraction of sp³-hybridized carbons (Fsp3) is 0.588. The molecule has 0 radical (unpaired) electrons. The number of rotatable bonds is 2. The number of ether oxygens (including phenoxy) is 1. The van der Waals surface area contributed by atoms with Crippen LogP contribution in [-0.4, -0.2) is 43.8 Å². The van der Waals surface area contributed by atoms with Crippen LogP contribution in [0.4, 0.5) is 0 Å². The summed E-state index contributed by atoms with van der Waals surface area (Å²) >= 11 is 0. The number of hydrogen-bond acceptors (Lipinski definition) is 5. The van der Waals surface area contributed by atoms with Gasteiger partial charge >= 0.3 is 0 Å². The first kappa shape index (κ1) is 14.6. The molecule has 1 aromatic heterocycles. The fourth-order valence-corrected chi connectivity index (χ4v) is 3.88. The van der Waals surface area contributed by atoms with Crippen molar-refractivity contribution in [1.82, 2.24) is 25.1 Å². The van der Waals surface area contributed by atoms with Crippen LogP contribution in [0.15, 0.2) is 24.3 Å². The van der Waals surface area contributed by atoms with E-state index in [0.29, 0.717) is 0 Å². The largest absolute Gasteiger partial charge is 0.487 e. The number of tetrazole rings is 1. The Hall–Kier alpha value is -1.95. The van der Waals surface area contributed by atoms with E-state index in [0.717, 1.165) is 50.3 Å². The minimum atomic E-state index is 0.0166. The molecule has 3 heterocycles. The van der Waals surface area contributed by atoms with E-state index in [1.54, 1.807) is 4.68 Å². The van der Waals surface area contributed by atoms with Crippen LogP contribution in [0.2, 0.25) is 0 Å². The molecule has 0 saturated carbocycles. The van der Waals surface area contributed by atoms with Crippen molar-refractivity contribution in [2.24, 2.45) is 7.05 Å². The highest BCUT2D eigenvalue weighted by Gasteiger charge is 2.40. The number of piperidine rings is 1. The summed E-state index contributed by atoms with van der Waals surface area (Å²) < 4.78 is 8.20. The first-order valence-corrected chi connectivity index (χ1v) is 8.40. The molecule has 1 saturated heterocycles. The Morgan fingerprint density at radius 3 is 2.70 bits per heavy atom. The number of aryl methyl sites for hydroxylation is 2. The normalized spacial score (nSPS) is 21.7. The third-order valence-electron chi connectivity index (χ3n) is 5.43. The van der Waals surface area contributed by atoms with Gasteiger partial charge in [0.2, 0.25) is 0 Å². The molecule has 4 rings (SSSR count). The Morgan fingerprint density at radius 2 is 1.96 bits per heavy atom. The lowest BCUT2D eigenvalue weighted by atomic mass is 9.83. The van der Waals surface area contributed by atoms with Crippen LogP contribution in [0, 0.1) is 0 Å². The molecular formula is C17H23N5O. The maximum atomic E-state index is 6.43. The molecule has 0 N–H and O–H groups in total. The molecule has 122 valence electrons. The van der Waals surface area contributed by atoms with E-state index >= 15 is 0 Å². The average Bonchev–Trinajstić information content (AvgIpc) is 3.01. The zero-order chi connectivity index (χ0) is 15.9. The Bertz CT molecular complexity index is 690. The summed E-state index contributed by atoms with van der Waals surface area (Å²) in [6, 6.07) is 8.69. The van der Waals surface area contributed by atoms with E-state index in [1.807, 2.05) is 7.05 Å². The number of benzene rings is 1. The van der Waals surface area contributed by atoms with Gasteiger partial charge in [-0.15, -0.1) is 5.10 Å². The zero-order valence-electron chi connectivity index (χ0n) is 13.8. The van der Waals surface area contributed by atoms with Crippen LogP contribution < -0.4 is 4.74 Å². The molecule has 2 aromatic rings. The van der Waals surface area contributed by atoms with E-state index < -0.39 is 0 Å². The van der Waals surface area contributed by atoms with Gasteiger partial charge in [-0.1, -0.05) is 18.2 Å². The summed E-state index contributed by atoms with van der Waals surface area (Å²) in [4.78, 5) is 2.46. The molecule has 23 heavy (non-hydrogen) atoms. The minimum Gasteiger partial charge on any atom is -0.487 e. The van der Waals surface area contributed by atoms with Crippen LogP contribution >= 0.6 is 0 Å². The molecule has 2 aliphatic heterocycles. The average molecular weight is 313 g/mol. The molecule has 6 nitrogen and oxygen atoms in total. The third kappa shape index (κ3) is 2.61. The Labute approximate surface area is 136 Å². The van der Waals surface area contributed by atoms with Crippen LogP contribution in [0.25, 0.3) is 0 Å². The highest BCUT2D eigenvalue weighted by Crippen LogP contribution is 2.40. The lowest BCUT2D eigenvalue weighted by molar-refractivity contribution is -0.0243. The van der Waals surface area contributed by atoms with Gasteiger partial charge in [0.15, 0.2) is 5.82 Å². The predicted molar refractivity (Wildman–Crippen MR) is 86.1 cm³/mol. The molecule has 0 amide bonds. The maximum Gasteiger partial charge on any atom is 0.167 e. The molecule has 6 heteroatoms. The Kier molecular flexibility index (Phi) is 3.56. The second kappa shape index (κ2) is 5.60. The van der Waals surface area contributed by atoms with E-state index in [9.17, 15) is 0 Å². The standard InChI is InChI=1S/C17H23N5O/c1-13(16-18-19-20-21(16)2)22-11-9-17(10-12-22)8-7-14-5-3-4-6-15(14)23-17/h3-6,13H,7-12H2,1-2H3. The van der Waals surface area contributed by atoms with Gasteiger partial charge in [0.05, 0.1) is 6.04 Å². The summed E-state index contributed by atoms with van der Waals surface area (Å²) in [5, 5.41) is 11.9. The second-order valence-corrected chi connectivity index (χ2v) is 6.77. The summed E-state index contributed by atoms with van der Waals surface area (Å²) in [6.45, 7) is 4.23. The topological polar surface area (TPSA) is 56.1 Å². The van der Waals surface area contributed by atoms with E-state index in [2.05, 4.69) is 51.6 Å². The van der Waals surface area contributed by atoms with Crippen molar-refractivity contribution in [3.8, 4) is 5.75 Å². The van der Waals surface area contributed by atoms with Crippen molar-refractivity contribution in [3.05, 3.63) is 35.7 Å². The van der Waals surface area contributed by atoms with Crippen molar-refractivity contribution in [3.63, 3.8) is 0 Å². The summed E-state index contributed by atoms with van der Waals surface area (Å²) in [6.07, 6.45) is 4.38. The molecule has 1 spiro atoms. The van der Waals surface area contributed by atoms with Crippen molar-refractivity contribution in [2.45, 2.75) is 44.2 Å². The molecular weight excluding hydrogens is 290 g/mol. The molecule has 1 fully saturated rings. The van der Waals surface area contributed by atoms with Crippen molar-refractivity contribution >= 4 is 0 Å². The molecule has 1 atom stereocenters. The number of hydrogen-bond donors (Lipinski definition) is 0. The van der Waals surface area contributed by atoms with Gasteiger partial charge in [-0.3, -0.25) is 4.90 Å². The number of para-hydroxylation sites is 1. The van der Waals surface area contributed by atoms with Gasteiger partial charge in [-0.05, 0) is 54.7 Å². The van der Waals surface area contributed by atoms with E-state index in [-0.39, 0.29) is 11.6 Å². The summed E-state index contributed by atoms with van der Waals surface area (Å²) in [7, 11) is 1.90. The molecule has 0 aliphatic carbocycles. The van der Waals surface area contributed by atoms with Gasteiger partial charge in [-0.2, -0.15) is 0 Å². The van der Waals surface area contributed by atoms with Crippen molar-refractivity contribution in [2.75, 3.05) is 13.1 Å². The van der Waals surface area contributed by atoms with Gasteiger partial charge in [0.25, 0.3) is 0 Å². The predicted octanol–water partition coefficient (Wildman–Crippen LogP) is 2.13. The van der Waals surface area contributed by atoms with Crippen LogP contribution in [0.1, 0.15) is 43.6 Å². The van der Waals surface area contributed by atoms with E-state index in [1.165, 1.54) is 5.56 Å². The Balaban J connectivity index is 1.45. The van der Waals surface area contributed by atoms with Crippen LogP contribution in [0.3, 0.4) is 0 Å². The number of fused-ring (bicyclic) bond motifs is 1. The zero-order valence-corrected chi connectivity index (χ0v) is 13.8. The molecule has 1 unspecified atom stereocenters. The third-order valence-corrected chi connectivity index (χ3v) is 5.43. The first-order chi connectivity index (χ1) is 11.2. The van der Waals surface area contributed by atoms with Crippen molar-refractivity contribution < 1.29 is 4.74 Å². The second-order valence-electron chi connectivity index (χ2n) is 6.77. The SMILES string of the molecule is CC(c1nnnn1C)N1CCC2(CCc3ccccc3O2)CC1. The minimum absolute atomic E-state index is 0.0166.